The Morgan fingerprint density at radius 1 is 1.32 bits per heavy atom. The Labute approximate surface area is 116 Å². The molecule has 6 nitrogen and oxygen atoms in total. The lowest BCUT2D eigenvalue weighted by Gasteiger charge is -2.09. The van der Waals surface area contributed by atoms with E-state index in [0.717, 1.165) is 17.2 Å². The predicted molar refractivity (Wildman–Crippen MR) is 75.3 cm³/mol. The molecule has 0 radical (unpaired) electrons. The van der Waals surface area contributed by atoms with Gasteiger partial charge in [-0.05, 0) is 27.3 Å². The van der Waals surface area contributed by atoms with Crippen molar-refractivity contribution in [1.82, 2.24) is 20.5 Å². The highest BCUT2D eigenvalue weighted by Gasteiger charge is 2.15. The van der Waals surface area contributed by atoms with Gasteiger partial charge in [-0.2, -0.15) is 0 Å². The second-order valence-electron chi connectivity index (χ2n) is 4.33. The van der Waals surface area contributed by atoms with E-state index in [2.05, 4.69) is 32.7 Å². The van der Waals surface area contributed by atoms with E-state index in [1.807, 2.05) is 20.8 Å². The van der Waals surface area contributed by atoms with Gasteiger partial charge < -0.3 is 15.1 Å². The summed E-state index contributed by atoms with van der Waals surface area (Å²) in [6, 6.07) is 0.560. The minimum Gasteiger partial charge on any atom is -0.407 e. The average Bonchev–Trinajstić information content (AvgIpc) is 2.93. The van der Waals surface area contributed by atoms with Crippen molar-refractivity contribution in [2.75, 3.05) is 11.9 Å². The van der Waals surface area contributed by atoms with Crippen LogP contribution >= 0.6 is 11.3 Å². The van der Waals surface area contributed by atoms with Gasteiger partial charge in [-0.1, -0.05) is 12.0 Å². The van der Waals surface area contributed by atoms with E-state index in [9.17, 15) is 0 Å². The lowest BCUT2D eigenvalue weighted by molar-refractivity contribution is 0.478. The van der Waals surface area contributed by atoms with Crippen LogP contribution in [0, 0.1) is 13.8 Å². The Morgan fingerprint density at radius 3 is 2.74 bits per heavy atom. The van der Waals surface area contributed by atoms with Gasteiger partial charge in [0.1, 0.15) is 0 Å². The van der Waals surface area contributed by atoms with Crippen molar-refractivity contribution < 1.29 is 4.42 Å². The molecule has 104 valence electrons. The van der Waals surface area contributed by atoms with Gasteiger partial charge in [-0.25, -0.2) is 4.98 Å². The van der Waals surface area contributed by atoms with Crippen LogP contribution in [0.3, 0.4) is 0 Å². The van der Waals surface area contributed by atoms with Crippen LogP contribution in [0.15, 0.2) is 4.42 Å². The molecule has 0 saturated carbocycles. The van der Waals surface area contributed by atoms with Gasteiger partial charge in [0.25, 0.3) is 0 Å². The van der Waals surface area contributed by atoms with Gasteiger partial charge in [0.05, 0.1) is 23.3 Å². The molecule has 0 aromatic carbocycles. The van der Waals surface area contributed by atoms with Crippen LogP contribution in [0.4, 0.5) is 6.01 Å². The molecule has 2 aromatic heterocycles. The number of anilines is 1. The predicted octanol–water partition coefficient (Wildman–Crippen LogP) is 2.43. The van der Waals surface area contributed by atoms with E-state index in [1.54, 1.807) is 11.3 Å². The molecular weight excluding hydrogens is 262 g/mol. The first kappa shape index (κ1) is 14.0. The van der Waals surface area contributed by atoms with Gasteiger partial charge in [0.2, 0.25) is 5.89 Å². The summed E-state index contributed by atoms with van der Waals surface area (Å²) in [6.45, 7) is 9.59. The van der Waals surface area contributed by atoms with Crippen LogP contribution in [0.5, 0.6) is 0 Å². The average molecular weight is 281 g/mol. The van der Waals surface area contributed by atoms with Crippen molar-refractivity contribution in [3.8, 4) is 0 Å². The van der Waals surface area contributed by atoms with Crippen LogP contribution in [0.25, 0.3) is 0 Å². The van der Waals surface area contributed by atoms with Gasteiger partial charge >= 0.3 is 6.01 Å². The number of thiazole rings is 1. The highest BCUT2D eigenvalue weighted by atomic mass is 32.1. The fraction of sp³-hybridized carbons (Fsp3) is 0.583. The molecule has 0 fully saturated rings. The molecule has 2 aromatic rings. The Morgan fingerprint density at radius 2 is 2.11 bits per heavy atom. The summed E-state index contributed by atoms with van der Waals surface area (Å²) in [5, 5.41) is 15.4. The van der Waals surface area contributed by atoms with Gasteiger partial charge in [0, 0.05) is 4.88 Å². The number of hydrogen-bond acceptors (Lipinski definition) is 7. The standard InChI is InChI=1S/C12H19N5OS/c1-5-13-6-10-16-17-12(18-10)15-8(3)11-7(2)14-9(4)19-11/h8,13H,5-6H2,1-4H3,(H,15,17). The summed E-state index contributed by atoms with van der Waals surface area (Å²) in [6.07, 6.45) is 0. The Bertz CT molecular complexity index is 536. The Hall–Kier alpha value is -1.47. The maximum absolute atomic E-state index is 5.51. The highest BCUT2D eigenvalue weighted by Crippen LogP contribution is 2.26. The molecule has 0 amide bonds. The smallest absolute Gasteiger partial charge is 0.316 e. The summed E-state index contributed by atoms with van der Waals surface area (Å²) in [5.74, 6) is 0.591. The Kier molecular flexibility index (Phi) is 4.49. The molecule has 1 unspecified atom stereocenters. The minimum atomic E-state index is 0.110. The number of hydrogen-bond donors (Lipinski definition) is 2. The summed E-state index contributed by atoms with van der Waals surface area (Å²) < 4.78 is 5.51. The Balaban J connectivity index is 2.00. The molecule has 0 aliphatic rings. The maximum Gasteiger partial charge on any atom is 0.316 e. The van der Waals surface area contributed by atoms with E-state index in [-0.39, 0.29) is 6.04 Å². The number of nitrogens with one attached hydrogen (secondary N) is 2. The van der Waals surface area contributed by atoms with E-state index in [0.29, 0.717) is 18.5 Å². The van der Waals surface area contributed by atoms with Crippen molar-refractivity contribution in [1.29, 1.82) is 0 Å². The summed E-state index contributed by atoms with van der Waals surface area (Å²) in [5.41, 5.74) is 1.05. The number of nitrogens with zero attached hydrogens (tertiary/aromatic N) is 3. The lowest BCUT2D eigenvalue weighted by atomic mass is 10.2. The number of rotatable bonds is 6. The third-order valence-corrected chi connectivity index (χ3v) is 3.92. The molecule has 0 bridgehead atoms. The quantitative estimate of drug-likeness (QED) is 0.847. The van der Waals surface area contributed by atoms with E-state index in [4.69, 9.17) is 4.42 Å². The normalized spacial score (nSPS) is 12.6. The molecule has 0 aliphatic carbocycles. The largest absolute Gasteiger partial charge is 0.407 e. The molecule has 2 heterocycles. The SMILES string of the molecule is CCNCc1nnc(NC(C)c2sc(C)nc2C)o1. The number of aromatic nitrogens is 3. The topological polar surface area (TPSA) is 75.9 Å². The van der Waals surface area contributed by atoms with Crippen LogP contribution in [0.2, 0.25) is 0 Å². The van der Waals surface area contributed by atoms with E-state index in [1.165, 1.54) is 4.88 Å². The van der Waals surface area contributed by atoms with Crippen molar-refractivity contribution >= 4 is 17.4 Å². The van der Waals surface area contributed by atoms with Gasteiger partial charge in [0.15, 0.2) is 0 Å². The van der Waals surface area contributed by atoms with Gasteiger partial charge in [-0.3, -0.25) is 0 Å². The molecule has 2 rings (SSSR count). The first-order valence-electron chi connectivity index (χ1n) is 6.33. The van der Waals surface area contributed by atoms with Crippen LogP contribution in [-0.4, -0.2) is 21.7 Å². The fourth-order valence-electron chi connectivity index (χ4n) is 1.81. The zero-order valence-corrected chi connectivity index (χ0v) is 12.5. The molecule has 1 atom stereocenters. The molecule has 0 aliphatic heterocycles. The van der Waals surface area contributed by atoms with Crippen LogP contribution < -0.4 is 10.6 Å². The van der Waals surface area contributed by atoms with Crippen molar-refractivity contribution in [3.05, 3.63) is 21.5 Å². The minimum absolute atomic E-state index is 0.110. The molecular formula is C12H19N5OS. The third-order valence-electron chi connectivity index (χ3n) is 2.67. The van der Waals surface area contributed by atoms with E-state index >= 15 is 0 Å². The molecule has 7 heteroatoms. The van der Waals surface area contributed by atoms with Crippen LogP contribution in [-0.2, 0) is 6.54 Å². The molecule has 19 heavy (non-hydrogen) atoms. The molecule has 2 N–H and O–H groups in total. The first-order valence-corrected chi connectivity index (χ1v) is 7.15. The monoisotopic (exact) mass is 281 g/mol. The second kappa shape index (κ2) is 6.12. The first-order chi connectivity index (χ1) is 9.10. The van der Waals surface area contributed by atoms with Crippen molar-refractivity contribution in [2.24, 2.45) is 0 Å². The highest BCUT2D eigenvalue weighted by molar-refractivity contribution is 7.11. The van der Waals surface area contributed by atoms with Gasteiger partial charge in [-0.15, -0.1) is 16.4 Å². The summed E-state index contributed by atoms with van der Waals surface area (Å²) >= 11 is 1.69. The van der Waals surface area contributed by atoms with Crippen LogP contribution in [0.1, 0.15) is 41.4 Å². The second-order valence-corrected chi connectivity index (χ2v) is 5.56. The summed E-state index contributed by atoms with van der Waals surface area (Å²) in [4.78, 5) is 5.62. The zero-order chi connectivity index (χ0) is 13.8. The number of aryl methyl sites for hydroxylation is 2. The third kappa shape index (κ3) is 3.51. The molecule has 0 saturated heterocycles. The zero-order valence-electron chi connectivity index (χ0n) is 11.6. The van der Waals surface area contributed by atoms with Crippen molar-refractivity contribution in [3.63, 3.8) is 0 Å². The van der Waals surface area contributed by atoms with Crippen molar-refractivity contribution in [2.45, 2.75) is 40.3 Å². The summed E-state index contributed by atoms with van der Waals surface area (Å²) in [7, 11) is 0. The fourth-order valence-corrected chi connectivity index (χ4v) is 2.74. The lowest BCUT2D eigenvalue weighted by Crippen LogP contribution is -2.11. The molecule has 0 spiro atoms. The maximum atomic E-state index is 5.51. The van der Waals surface area contributed by atoms with E-state index < -0.39 is 0 Å².